The van der Waals surface area contributed by atoms with Gasteiger partial charge in [0, 0.05) is 28.6 Å². The first-order chi connectivity index (χ1) is 12.6. The van der Waals surface area contributed by atoms with Gasteiger partial charge in [-0.25, -0.2) is 4.98 Å². The number of ether oxygens (including phenoxy) is 1. The van der Waals surface area contributed by atoms with E-state index in [0.717, 1.165) is 9.32 Å². The molecule has 26 heavy (non-hydrogen) atoms. The molecule has 0 N–H and O–H groups in total. The largest absolute Gasteiger partial charge is 0.487 e. The van der Waals surface area contributed by atoms with Crippen LogP contribution in [0.5, 0.6) is 5.75 Å². The quantitative estimate of drug-likeness (QED) is 0.505. The Labute approximate surface area is 166 Å². The Morgan fingerprint density at radius 1 is 1.19 bits per heavy atom. The standard InChI is InChI=1S/C20H20IN3O2/c1-23(20(25)16-7-9-17(21)10-8-16)13-19(14-24-12-11-22-15-24)26-18-5-3-2-4-6-18/h2-12,15,19H,13-14H2,1H3. The lowest BCUT2D eigenvalue weighted by molar-refractivity contribution is 0.0693. The first-order valence-corrected chi connectivity index (χ1v) is 9.38. The number of hydrogen-bond donors (Lipinski definition) is 0. The summed E-state index contributed by atoms with van der Waals surface area (Å²) in [5, 5.41) is 0. The number of carbonyl (C=O) groups is 1. The average Bonchev–Trinajstić information content (AvgIpc) is 3.15. The van der Waals surface area contributed by atoms with Crippen molar-refractivity contribution in [2.24, 2.45) is 0 Å². The van der Waals surface area contributed by atoms with Gasteiger partial charge in [-0.2, -0.15) is 0 Å². The molecule has 0 aliphatic carbocycles. The monoisotopic (exact) mass is 461 g/mol. The summed E-state index contributed by atoms with van der Waals surface area (Å²) < 4.78 is 9.18. The van der Waals surface area contributed by atoms with Crippen LogP contribution in [0.4, 0.5) is 0 Å². The Kier molecular flexibility index (Phi) is 6.27. The number of halogens is 1. The summed E-state index contributed by atoms with van der Waals surface area (Å²) in [5.41, 5.74) is 0.675. The Morgan fingerprint density at radius 3 is 2.58 bits per heavy atom. The van der Waals surface area contributed by atoms with Crippen molar-refractivity contribution >= 4 is 28.5 Å². The van der Waals surface area contributed by atoms with Crippen molar-refractivity contribution in [2.45, 2.75) is 12.6 Å². The lowest BCUT2D eigenvalue weighted by Crippen LogP contribution is -2.39. The summed E-state index contributed by atoms with van der Waals surface area (Å²) in [4.78, 5) is 18.5. The Hall–Kier alpha value is -2.35. The second-order valence-electron chi connectivity index (χ2n) is 6.00. The van der Waals surface area contributed by atoms with E-state index in [1.165, 1.54) is 0 Å². The molecular weight excluding hydrogens is 441 g/mol. The number of benzene rings is 2. The SMILES string of the molecule is CN(CC(Cn1ccnc1)Oc1ccccc1)C(=O)c1ccc(I)cc1. The van der Waals surface area contributed by atoms with Crippen LogP contribution in [-0.2, 0) is 6.54 Å². The highest BCUT2D eigenvalue weighted by Crippen LogP contribution is 2.14. The minimum atomic E-state index is -0.190. The average molecular weight is 461 g/mol. The van der Waals surface area contributed by atoms with Crippen LogP contribution < -0.4 is 4.74 Å². The number of likely N-dealkylation sites (N-methyl/N-ethyl adjacent to an activating group) is 1. The second kappa shape index (κ2) is 8.84. The van der Waals surface area contributed by atoms with Gasteiger partial charge in [0.05, 0.1) is 19.4 Å². The molecule has 134 valence electrons. The number of rotatable bonds is 7. The third-order valence-corrected chi connectivity index (χ3v) is 4.65. The molecule has 0 bridgehead atoms. The fraction of sp³-hybridized carbons (Fsp3) is 0.200. The van der Waals surface area contributed by atoms with Gasteiger partial charge in [0.2, 0.25) is 0 Å². The first kappa shape index (κ1) is 18.4. The summed E-state index contributed by atoms with van der Waals surface area (Å²) in [6.45, 7) is 1.08. The molecule has 0 saturated heterocycles. The molecular formula is C20H20IN3O2. The lowest BCUT2D eigenvalue weighted by atomic mass is 10.2. The van der Waals surface area contributed by atoms with E-state index >= 15 is 0 Å². The Bertz CT molecular complexity index is 820. The molecule has 1 amide bonds. The normalized spacial score (nSPS) is 11.8. The third-order valence-electron chi connectivity index (χ3n) is 3.93. The second-order valence-corrected chi connectivity index (χ2v) is 7.25. The van der Waals surface area contributed by atoms with Gasteiger partial charge in [0.1, 0.15) is 11.9 Å². The van der Waals surface area contributed by atoms with Crippen molar-refractivity contribution in [1.82, 2.24) is 14.5 Å². The molecule has 0 radical (unpaired) electrons. The number of para-hydroxylation sites is 1. The van der Waals surface area contributed by atoms with Gasteiger partial charge in [-0.1, -0.05) is 18.2 Å². The first-order valence-electron chi connectivity index (χ1n) is 8.30. The fourth-order valence-corrected chi connectivity index (χ4v) is 3.01. The van der Waals surface area contributed by atoms with E-state index in [9.17, 15) is 4.79 Å². The number of amides is 1. The van der Waals surface area contributed by atoms with Crippen molar-refractivity contribution in [2.75, 3.05) is 13.6 Å². The zero-order valence-corrected chi connectivity index (χ0v) is 16.6. The lowest BCUT2D eigenvalue weighted by Gasteiger charge is -2.25. The van der Waals surface area contributed by atoms with Crippen LogP contribution in [0.25, 0.3) is 0 Å². The van der Waals surface area contributed by atoms with Gasteiger partial charge < -0.3 is 14.2 Å². The Balaban J connectivity index is 1.71. The van der Waals surface area contributed by atoms with Gasteiger partial charge >= 0.3 is 0 Å². The number of hydrogen-bond acceptors (Lipinski definition) is 3. The Morgan fingerprint density at radius 2 is 1.92 bits per heavy atom. The van der Waals surface area contributed by atoms with Crippen LogP contribution in [0.3, 0.4) is 0 Å². The van der Waals surface area contributed by atoms with E-state index in [2.05, 4.69) is 27.6 Å². The molecule has 6 heteroatoms. The van der Waals surface area contributed by atoms with E-state index in [1.54, 1.807) is 24.5 Å². The van der Waals surface area contributed by atoms with Crippen LogP contribution in [0.2, 0.25) is 0 Å². The summed E-state index contributed by atoms with van der Waals surface area (Å²) in [6, 6.07) is 17.2. The van der Waals surface area contributed by atoms with Crippen molar-refractivity contribution in [3.8, 4) is 5.75 Å². The van der Waals surface area contributed by atoms with Gasteiger partial charge in [-0.15, -0.1) is 0 Å². The minimum absolute atomic E-state index is 0.0197. The van der Waals surface area contributed by atoms with Crippen molar-refractivity contribution < 1.29 is 9.53 Å². The predicted molar refractivity (Wildman–Crippen MR) is 109 cm³/mol. The highest BCUT2D eigenvalue weighted by molar-refractivity contribution is 14.1. The summed E-state index contributed by atoms with van der Waals surface area (Å²) in [5.74, 6) is 0.765. The van der Waals surface area contributed by atoms with Crippen molar-refractivity contribution in [3.63, 3.8) is 0 Å². The highest BCUT2D eigenvalue weighted by atomic mass is 127. The van der Waals surface area contributed by atoms with Crippen LogP contribution in [0.1, 0.15) is 10.4 Å². The zero-order chi connectivity index (χ0) is 18.4. The third kappa shape index (κ3) is 5.08. The maximum atomic E-state index is 12.7. The maximum absolute atomic E-state index is 12.7. The minimum Gasteiger partial charge on any atom is -0.487 e. The number of carbonyl (C=O) groups excluding carboxylic acids is 1. The van der Waals surface area contributed by atoms with Gasteiger partial charge in [-0.3, -0.25) is 4.79 Å². The maximum Gasteiger partial charge on any atom is 0.253 e. The molecule has 0 fully saturated rings. The molecule has 3 rings (SSSR count). The van der Waals surface area contributed by atoms with Crippen LogP contribution in [0.15, 0.2) is 73.3 Å². The molecule has 5 nitrogen and oxygen atoms in total. The van der Waals surface area contributed by atoms with E-state index in [4.69, 9.17) is 4.74 Å². The van der Waals surface area contributed by atoms with Crippen molar-refractivity contribution in [1.29, 1.82) is 0 Å². The smallest absolute Gasteiger partial charge is 0.253 e. The molecule has 0 saturated carbocycles. The molecule has 0 aliphatic rings. The van der Waals surface area contributed by atoms with Gasteiger partial charge in [0.15, 0.2) is 0 Å². The van der Waals surface area contributed by atoms with E-state index in [1.807, 2.05) is 65.4 Å². The van der Waals surface area contributed by atoms with Crippen LogP contribution in [0, 0.1) is 3.57 Å². The summed E-state index contributed by atoms with van der Waals surface area (Å²) in [6.07, 6.45) is 5.19. The van der Waals surface area contributed by atoms with E-state index < -0.39 is 0 Å². The molecule has 3 aromatic rings. The molecule has 1 atom stereocenters. The highest BCUT2D eigenvalue weighted by Gasteiger charge is 2.19. The van der Waals surface area contributed by atoms with E-state index in [0.29, 0.717) is 18.7 Å². The zero-order valence-electron chi connectivity index (χ0n) is 14.5. The molecule has 0 spiro atoms. The topological polar surface area (TPSA) is 47.4 Å². The summed E-state index contributed by atoms with van der Waals surface area (Å²) in [7, 11) is 1.80. The van der Waals surface area contributed by atoms with Crippen molar-refractivity contribution in [3.05, 3.63) is 82.5 Å². The number of nitrogens with zero attached hydrogens (tertiary/aromatic N) is 3. The molecule has 2 aromatic carbocycles. The molecule has 0 aliphatic heterocycles. The molecule has 1 heterocycles. The predicted octanol–water partition coefficient (Wildman–Crippen LogP) is 3.71. The molecule has 1 aromatic heterocycles. The van der Waals surface area contributed by atoms with Crippen LogP contribution >= 0.6 is 22.6 Å². The summed E-state index contributed by atoms with van der Waals surface area (Å²) >= 11 is 2.23. The fourth-order valence-electron chi connectivity index (χ4n) is 2.65. The van der Waals surface area contributed by atoms with Gasteiger partial charge in [0.25, 0.3) is 5.91 Å². The number of aromatic nitrogens is 2. The van der Waals surface area contributed by atoms with Gasteiger partial charge in [-0.05, 0) is 59.0 Å². The number of imidazole rings is 1. The molecule has 1 unspecified atom stereocenters. The van der Waals surface area contributed by atoms with E-state index in [-0.39, 0.29) is 12.0 Å². The van der Waals surface area contributed by atoms with Crippen LogP contribution in [-0.4, -0.2) is 40.1 Å².